The van der Waals surface area contributed by atoms with Crippen molar-refractivity contribution in [2.24, 2.45) is 5.92 Å². The molecule has 2 fully saturated rings. The number of nitrogens with zero attached hydrogens (tertiary/aromatic N) is 1. The molecule has 2 aromatic carbocycles. The summed E-state index contributed by atoms with van der Waals surface area (Å²) in [5, 5.41) is 5.94. The lowest BCUT2D eigenvalue weighted by atomic mass is 9.88. The molecule has 3 aromatic rings. The van der Waals surface area contributed by atoms with E-state index in [1.165, 1.54) is 12.1 Å². The molecular formula is C25H25N3O5S. The van der Waals surface area contributed by atoms with Crippen molar-refractivity contribution in [3.8, 4) is 5.75 Å². The van der Waals surface area contributed by atoms with Gasteiger partial charge in [0.2, 0.25) is 0 Å². The monoisotopic (exact) mass is 479 g/mol. The van der Waals surface area contributed by atoms with Gasteiger partial charge in [-0.1, -0.05) is 24.6 Å². The third-order valence-corrected chi connectivity index (χ3v) is 8.55. The molecule has 2 N–H and O–H groups in total. The number of pyridine rings is 1. The summed E-state index contributed by atoms with van der Waals surface area (Å²) >= 11 is 0. The molecule has 1 aliphatic heterocycles. The Kier molecular flexibility index (Phi) is 5.51. The maximum absolute atomic E-state index is 13.1. The van der Waals surface area contributed by atoms with Crippen molar-refractivity contribution >= 4 is 32.7 Å². The first kappa shape index (κ1) is 22.3. The van der Waals surface area contributed by atoms with E-state index in [1.807, 2.05) is 37.3 Å². The van der Waals surface area contributed by atoms with Gasteiger partial charge in [-0.05, 0) is 56.2 Å². The van der Waals surface area contributed by atoms with Crippen LogP contribution in [0.2, 0.25) is 0 Å². The quantitative estimate of drug-likeness (QED) is 0.525. The topological polar surface area (TPSA) is 114 Å². The van der Waals surface area contributed by atoms with Crippen LogP contribution in [0.3, 0.4) is 0 Å². The molecule has 2 aliphatic rings. The van der Waals surface area contributed by atoms with Crippen LogP contribution >= 0.6 is 0 Å². The summed E-state index contributed by atoms with van der Waals surface area (Å²) in [4.78, 5) is 28.7. The van der Waals surface area contributed by atoms with Crippen molar-refractivity contribution < 1.29 is 22.7 Å². The predicted molar refractivity (Wildman–Crippen MR) is 126 cm³/mol. The van der Waals surface area contributed by atoms with Gasteiger partial charge in [-0.25, -0.2) is 13.2 Å². The van der Waals surface area contributed by atoms with Crippen LogP contribution in [0.15, 0.2) is 59.5 Å². The summed E-state index contributed by atoms with van der Waals surface area (Å²) in [6.45, 7) is 2.26. The number of aromatic nitrogens is 1. The number of urea groups is 1. The maximum atomic E-state index is 13.1. The molecule has 2 atom stereocenters. The van der Waals surface area contributed by atoms with E-state index in [0.717, 1.165) is 22.2 Å². The lowest BCUT2D eigenvalue weighted by Crippen LogP contribution is -2.51. The van der Waals surface area contributed by atoms with E-state index in [1.54, 1.807) is 12.1 Å². The molecule has 2 heterocycles. The Hall–Kier alpha value is -3.46. The maximum Gasteiger partial charge on any atom is 0.322 e. The van der Waals surface area contributed by atoms with Gasteiger partial charge in [0.15, 0.2) is 9.84 Å². The number of fused-ring (bicyclic) bond motifs is 1. The van der Waals surface area contributed by atoms with E-state index in [4.69, 9.17) is 4.74 Å². The number of para-hydroxylation sites is 1. The van der Waals surface area contributed by atoms with Gasteiger partial charge in [-0.15, -0.1) is 0 Å². The van der Waals surface area contributed by atoms with Gasteiger partial charge in [-0.2, -0.15) is 0 Å². The third-order valence-electron chi connectivity index (χ3n) is 6.72. The van der Waals surface area contributed by atoms with Crippen molar-refractivity contribution in [2.45, 2.75) is 43.2 Å². The lowest BCUT2D eigenvalue weighted by Gasteiger charge is -2.27. The zero-order valence-electron chi connectivity index (χ0n) is 18.7. The Morgan fingerprint density at radius 3 is 2.62 bits per heavy atom. The molecule has 34 heavy (non-hydrogen) atoms. The van der Waals surface area contributed by atoms with E-state index in [9.17, 15) is 18.0 Å². The number of amides is 3. The smallest absolute Gasteiger partial charge is 0.322 e. The minimum Gasteiger partial charge on any atom is -0.489 e. The summed E-state index contributed by atoms with van der Waals surface area (Å²) < 4.78 is 32.1. The number of carbonyl (C=O) groups is 2. The summed E-state index contributed by atoms with van der Waals surface area (Å²) in [5.74, 6) is -0.554. The molecule has 176 valence electrons. The first-order valence-electron chi connectivity index (χ1n) is 11.2. The second-order valence-corrected chi connectivity index (χ2v) is 11.0. The van der Waals surface area contributed by atoms with Crippen LogP contribution in [0.25, 0.3) is 10.9 Å². The SMILES string of the molecule is Cc1cc(COc2ccc(S(=O)(=O)CC3CCCC34NC(=O)NC4=O)cc2)c2ccccc2n1. The zero-order chi connectivity index (χ0) is 23.9. The molecule has 1 saturated heterocycles. The molecule has 5 rings (SSSR count). The van der Waals surface area contributed by atoms with Crippen LogP contribution < -0.4 is 15.4 Å². The number of aryl methyl sites for hydroxylation is 1. The van der Waals surface area contributed by atoms with Crippen molar-refractivity contribution in [3.05, 3.63) is 65.9 Å². The fourth-order valence-corrected chi connectivity index (χ4v) is 6.78. The fraction of sp³-hybridized carbons (Fsp3) is 0.320. The average molecular weight is 480 g/mol. The second-order valence-electron chi connectivity index (χ2n) is 8.95. The van der Waals surface area contributed by atoms with Crippen LogP contribution in [0.1, 0.15) is 30.5 Å². The zero-order valence-corrected chi connectivity index (χ0v) is 19.5. The Morgan fingerprint density at radius 2 is 1.88 bits per heavy atom. The molecule has 2 unspecified atom stereocenters. The molecule has 3 amide bonds. The van der Waals surface area contributed by atoms with Crippen molar-refractivity contribution in [2.75, 3.05) is 5.75 Å². The first-order valence-corrected chi connectivity index (χ1v) is 12.9. The molecule has 0 bridgehead atoms. The number of carbonyl (C=O) groups excluding carboxylic acids is 2. The standard InChI is InChI=1S/C25H25N3O5S/c1-16-13-17(21-6-2-3-7-22(21)26-16)14-33-19-8-10-20(11-9-19)34(31,32)15-18-5-4-12-25(18)23(29)27-24(30)28-25/h2-3,6-11,13,18H,4-5,12,14-15H2,1H3,(H2,27,28,29,30). The van der Waals surface area contributed by atoms with E-state index in [2.05, 4.69) is 15.6 Å². The van der Waals surface area contributed by atoms with E-state index < -0.39 is 33.2 Å². The molecule has 0 radical (unpaired) electrons. The highest BCUT2D eigenvalue weighted by Crippen LogP contribution is 2.39. The molecular weight excluding hydrogens is 454 g/mol. The fourth-order valence-electron chi connectivity index (χ4n) is 5.05. The molecule has 8 nitrogen and oxygen atoms in total. The Bertz CT molecular complexity index is 1390. The van der Waals surface area contributed by atoms with Crippen LogP contribution in [-0.4, -0.2) is 36.6 Å². The Labute approximate surface area is 197 Å². The van der Waals surface area contributed by atoms with Gasteiger partial charge in [0.25, 0.3) is 5.91 Å². The van der Waals surface area contributed by atoms with Crippen molar-refractivity contribution in [1.29, 1.82) is 0 Å². The van der Waals surface area contributed by atoms with Crippen LogP contribution in [0.5, 0.6) is 5.75 Å². The number of hydrogen-bond acceptors (Lipinski definition) is 6. The molecule has 1 saturated carbocycles. The molecule has 9 heteroatoms. The minimum absolute atomic E-state index is 0.164. The third kappa shape index (κ3) is 4.00. The van der Waals surface area contributed by atoms with Crippen molar-refractivity contribution in [1.82, 2.24) is 15.6 Å². The molecule has 1 aromatic heterocycles. The normalized spacial score (nSPS) is 22.2. The number of imide groups is 1. The Balaban J connectivity index is 1.30. The van der Waals surface area contributed by atoms with Gasteiger partial charge in [0.1, 0.15) is 17.9 Å². The van der Waals surface area contributed by atoms with E-state index >= 15 is 0 Å². The second kappa shape index (κ2) is 8.39. The highest BCUT2D eigenvalue weighted by molar-refractivity contribution is 7.91. The predicted octanol–water partition coefficient (Wildman–Crippen LogP) is 3.27. The Morgan fingerprint density at radius 1 is 1.12 bits per heavy atom. The largest absolute Gasteiger partial charge is 0.489 e. The number of rotatable bonds is 6. The van der Waals surface area contributed by atoms with Crippen LogP contribution in [0, 0.1) is 12.8 Å². The highest BCUT2D eigenvalue weighted by Gasteiger charge is 2.55. The van der Waals surface area contributed by atoms with Crippen LogP contribution in [0.4, 0.5) is 4.79 Å². The van der Waals surface area contributed by atoms with Crippen molar-refractivity contribution in [3.63, 3.8) is 0 Å². The summed E-state index contributed by atoms with van der Waals surface area (Å²) in [7, 11) is -3.66. The molecule has 1 spiro atoms. The van der Waals surface area contributed by atoms with E-state index in [-0.39, 0.29) is 10.6 Å². The van der Waals surface area contributed by atoms with Gasteiger partial charge >= 0.3 is 6.03 Å². The van der Waals surface area contributed by atoms with Gasteiger partial charge < -0.3 is 10.1 Å². The number of benzene rings is 2. The average Bonchev–Trinajstić information content (AvgIpc) is 3.33. The summed E-state index contributed by atoms with van der Waals surface area (Å²) in [5.41, 5.74) is 1.68. The number of hydrogen-bond donors (Lipinski definition) is 2. The first-order chi connectivity index (χ1) is 16.3. The van der Waals surface area contributed by atoms with E-state index in [0.29, 0.717) is 31.6 Å². The number of sulfone groups is 1. The summed E-state index contributed by atoms with van der Waals surface area (Å²) in [6, 6.07) is 15.6. The number of ether oxygens (including phenoxy) is 1. The number of nitrogens with one attached hydrogen (secondary N) is 2. The van der Waals surface area contributed by atoms with Crippen LogP contribution in [-0.2, 0) is 21.2 Å². The van der Waals surface area contributed by atoms with Gasteiger partial charge in [0.05, 0.1) is 16.2 Å². The van der Waals surface area contributed by atoms with Gasteiger partial charge in [0, 0.05) is 22.6 Å². The van der Waals surface area contributed by atoms with Gasteiger partial charge in [-0.3, -0.25) is 15.1 Å². The highest BCUT2D eigenvalue weighted by atomic mass is 32.2. The summed E-state index contributed by atoms with van der Waals surface area (Å²) in [6.07, 6.45) is 1.69. The lowest BCUT2D eigenvalue weighted by molar-refractivity contribution is -0.124. The minimum atomic E-state index is -3.66. The molecule has 1 aliphatic carbocycles.